The quantitative estimate of drug-likeness (QED) is 0.881. The maximum absolute atomic E-state index is 12.2. The van der Waals surface area contributed by atoms with Crippen LogP contribution in [0.1, 0.15) is 40.5 Å². The fraction of sp³-hybridized carbons (Fsp3) is 0.312. The molecule has 0 bridgehead atoms. The topological polar surface area (TPSA) is 54.1 Å². The summed E-state index contributed by atoms with van der Waals surface area (Å²) in [6.07, 6.45) is 3.58. The van der Waals surface area contributed by atoms with Gasteiger partial charge in [-0.1, -0.05) is 17.7 Å². The zero-order chi connectivity index (χ0) is 13.9. The highest BCUT2D eigenvalue weighted by Crippen LogP contribution is 2.32. The van der Waals surface area contributed by atoms with Gasteiger partial charge in [0.2, 0.25) is 0 Å². The van der Waals surface area contributed by atoms with Crippen molar-refractivity contribution in [2.45, 2.75) is 25.8 Å². The number of rotatable bonds is 2. The number of carbonyl (C=O) groups is 1. The molecule has 1 aliphatic heterocycles. The first-order valence-corrected chi connectivity index (χ1v) is 6.91. The van der Waals surface area contributed by atoms with E-state index in [0.29, 0.717) is 12.3 Å². The van der Waals surface area contributed by atoms with Crippen molar-refractivity contribution < 1.29 is 9.53 Å². The molecular weight excluding hydrogens is 252 g/mol. The number of aryl methyl sites for hydroxylation is 1. The SMILES string of the molecule is Cc1ccc2c(c1)C(NC(=O)c1ccc[nH]1)CCCO2. The molecule has 0 aliphatic carbocycles. The van der Waals surface area contributed by atoms with Crippen molar-refractivity contribution in [3.8, 4) is 5.75 Å². The Bertz CT molecular complexity index is 605. The van der Waals surface area contributed by atoms with Gasteiger partial charge >= 0.3 is 0 Å². The number of carbonyl (C=O) groups excluding carboxylic acids is 1. The molecule has 20 heavy (non-hydrogen) atoms. The summed E-state index contributed by atoms with van der Waals surface area (Å²) >= 11 is 0. The van der Waals surface area contributed by atoms with E-state index in [4.69, 9.17) is 4.74 Å². The van der Waals surface area contributed by atoms with Gasteiger partial charge in [0.15, 0.2) is 0 Å². The van der Waals surface area contributed by atoms with Crippen LogP contribution in [-0.4, -0.2) is 17.5 Å². The first kappa shape index (κ1) is 12.8. The molecule has 1 aromatic heterocycles. The van der Waals surface area contributed by atoms with Crippen molar-refractivity contribution in [1.29, 1.82) is 0 Å². The van der Waals surface area contributed by atoms with E-state index in [1.807, 2.05) is 18.2 Å². The Kier molecular flexibility index (Phi) is 3.46. The lowest BCUT2D eigenvalue weighted by molar-refractivity contribution is 0.0930. The van der Waals surface area contributed by atoms with E-state index in [2.05, 4.69) is 23.3 Å². The third-order valence-electron chi connectivity index (χ3n) is 3.58. The predicted octanol–water partition coefficient (Wildman–Crippen LogP) is 2.97. The highest BCUT2D eigenvalue weighted by Gasteiger charge is 2.22. The van der Waals surface area contributed by atoms with Gasteiger partial charge in [-0.2, -0.15) is 0 Å². The minimum Gasteiger partial charge on any atom is -0.493 e. The van der Waals surface area contributed by atoms with Crippen molar-refractivity contribution in [2.75, 3.05) is 6.61 Å². The molecule has 2 N–H and O–H groups in total. The van der Waals surface area contributed by atoms with Gasteiger partial charge in [0.05, 0.1) is 12.6 Å². The summed E-state index contributed by atoms with van der Waals surface area (Å²) in [6, 6.07) is 9.73. The van der Waals surface area contributed by atoms with Crippen molar-refractivity contribution in [3.05, 3.63) is 53.3 Å². The number of fused-ring (bicyclic) bond motifs is 1. The number of hydrogen-bond donors (Lipinski definition) is 2. The van der Waals surface area contributed by atoms with Crippen molar-refractivity contribution >= 4 is 5.91 Å². The summed E-state index contributed by atoms with van der Waals surface area (Å²) in [5.74, 6) is 0.805. The van der Waals surface area contributed by atoms with Crippen LogP contribution < -0.4 is 10.1 Å². The Morgan fingerprint density at radius 2 is 2.30 bits per heavy atom. The van der Waals surface area contributed by atoms with Crippen LogP contribution in [-0.2, 0) is 0 Å². The lowest BCUT2D eigenvalue weighted by Gasteiger charge is -2.18. The highest BCUT2D eigenvalue weighted by atomic mass is 16.5. The Morgan fingerprint density at radius 1 is 1.40 bits per heavy atom. The second-order valence-corrected chi connectivity index (χ2v) is 5.14. The Hall–Kier alpha value is -2.23. The molecule has 3 rings (SSSR count). The second-order valence-electron chi connectivity index (χ2n) is 5.14. The predicted molar refractivity (Wildman–Crippen MR) is 76.9 cm³/mol. The van der Waals surface area contributed by atoms with E-state index < -0.39 is 0 Å². The standard InChI is InChI=1S/C16H18N2O2/c1-11-6-7-15-12(10-11)13(5-3-9-20-15)18-16(19)14-4-2-8-17-14/h2,4,6-8,10,13,17H,3,5,9H2,1H3,(H,18,19). The Morgan fingerprint density at radius 3 is 3.10 bits per heavy atom. The van der Waals surface area contributed by atoms with Crippen LogP contribution in [0.4, 0.5) is 0 Å². The molecule has 1 aromatic carbocycles. The lowest BCUT2D eigenvalue weighted by atomic mass is 10.00. The zero-order valence-electron chi connectivity index (χ0n) is 11.5. The molecule has 1 aliphatic rings. The van der Waals surface area contributed by atoms with Crippen LogP contribution in [0.15, 0.2) is 36.5 Å². The summed E-state index contributed by atoms with van der Waals surface area (Å²) in [5.41, 5.74) is 2.83. The van der Waals surface area contributed by atoms with Crippen LogP contribution in [0.25, 0.3) is 0 Å². The number of benzene rings is 1. The van der Waals surface area contributed by atoms with Crippen molar-refractivity contribution in [1.82, 2.24) is 10.3 Å². The molecule has 1 amide bonds. The summed E-state index contributed by atoms with van der Waals surface area (Å²) < 4.78 is 5.75. The van der Waals surface area contributed by atoms with Gasteiger partial charge in [-0.25, -0.2) is 0 Å². The van der Waals surface area contributed by atoms with Crippen LogP contribution >= 0.6 is 0 Å². The van der Waals surface area contributed by atoms with Gasteiger partial charge in [0.25, 0.3) is 5.91 Å². The van der Waals surface area contributed by atoms with E-state index in [0.717, 1.165) is 24.2 Å². The molecular formula is C16H18N2O2. The Labute approximate surface area is 118 Å². The monoisotopic (exact) mass is 270 g/mol. The molecule has 0 saturated carbocycles. The van der Waals surface area contributed by atoms with E-state index in [-0.39, 0.29) is 11.9 Å². The first-order chi connectivity index (χ1) is 9.74. The van der Waals surface area contributed by atoms with E-state index in [1.165, 1.54) is 5.56 Å². The van der Waals surface area contributed by atoms with Crippen LogP contribution in [0.3, 0.4) is 0 Å². The fourth-order valence-electron chi connectivity index (χ4n) is 2.55. The third kappa shape index (κ3) is 2.54. The van der Waals surface area contributed by atoms with Crippen LogP contribution in [0, 0.1) is 6.92 Å². The maximum Gasteiger partial charge on any atom is 0.268 e. The van der Waals surface area contributed by atoms with E-state index in [1.54, 1.807) is 12.3 Å². The molecule has 0 radical (unpaired) electrons. The van der Waals surface area contributed by atoms with Gasteiger partial charge < -0.3 is 15.0 Å². The normalized spacial score (nSPS) is 17.8. The minimum absolute atomic E-state index is 0.00296. The molecule has 4 nitrogen and oxygen atoms in total. The number of hydrogen-bond acceptors (Lipinski definition) is 2. The molecule has 104 valence electrons. The number of ether oxygens (including phenoxy) is 1. The van der Waals surface area contributed by atoms with Gasteiger partial charge in [-0.05, 0) is 38.0 Å². The van der Waals surface area contributed by atoms with Gasteiger partial charge in [-0.15, -0.1) is 0 Å². The first-order valence-electron chi connectivity index (χ1n) is 6.91. The summed E-state index contributed by atoms with van der Waals surface area (Å²) in [7, 11) is 0. The molecule has 1 atom stereocenters. The van der Waals surface area contributed by atoms with Crippen LogP contribution in [0.2, 0.25) is 0 Å². The molecule has 2 aromatic rings. The molecule has 0 saturated heterocycles. The third-order valence-corrected chi connectivity index (χ3v) is 3.58. The summed E-state index contributed by atoms with van der Waals surface area (Å²) in [4.78, 5) is 15.1. The minimum atomic E-state index is -0.0747. The fourth-order valence-corrected chi connectivity index (χ4v) is 2.55. The summed E-state index contributed by atoms with van der Waals surface area (Å²) in [5, 5.41) is 3.09. The number of aromatic amines is 1. The largest absolute Gasteiger partial charge is 0.493 e. The number of aromatic nitrogens is 1. The number of H-pyrrole nitrogens is 1. The highest BCUT2D eigenvalue weighted by molar-refractivity contribution is 5.92. The smallest absolute Gasteiger partial charge is 0.268 e. The van der Waals surface area contributed by atoms with Crippen molar-refractivity contribution in [3.63, 3.8) is 0 Å². The lowest BCUT2D eigenvalue weighted by Crippen LogP contribution is -2.28. The molecule has 2 heterocycles. The van der Waals surface area contributed by atoms with Gasteiger partial charge in [0, 0.05) is 11.8 Å². The summed E-state index contributed by atoms with van der Waals surface area (Å²) in [6.45, 7) is 2.75. The van der Waals surface area contributed by atoms with E-state index >= 15 is 0 Å². The molecule has 0 spiro atoms. The van der Waals surface area contributed by atoms with Crippen molar-refractivity contribution in [2.24, 2.45) is 0 Å². The molecule has 0 fully saturated rings. The average Bonchev–Trinajstić information content (AvgIpc) is 2.91. The molecule has 4 heteroatoms. The number of nitrogens with one attached hydrogen (secondary N) is 2. The number of amides is 1. The van der Waals surface area contributed by atoms with Gasteiger partial charge in [0.1, 0.15) is 11.4 Å². The van der Waals surface area contributed by atoms with Crippen LogP contribution in [0.5, 0.6) is 5.75 Å². The molecule has 1 unspecified atom stereocenters. The maximum atomic E-state index is 12.2. The van der Waals surface area contributed by atoms with Gasteiger partial charge in [-0.3, -0.25) is 4.79 Å². The Balaban J connectivity index is 1.86. The van der Waals surface area contributed by atoms with E-state index in [9.17, 15) is 4.79 Å². The average molecular weight is 270 g/mol. The second kappa shape index (κ2) is 5.41. The zero-order valence-corrected chi connectivity index (χ0v) is 11.5.